The van der Waals surface area contributed by atoms with Crippen LogP contribution in [0.3, 0.4) is 0 Å². The third-order valence-electron chi connectivity index (χ3n) is 1.90. The van der Waals surface area contributed by atoms with Gasteiger partial charge >= 0.3 is 0 Å². The summed E-state index contributed by atoms with van der Waals surface area (Å²) in [6, 6.07) is 0. The average Bonchev–Trinajstić information content (AvgIpc) is 2.79. The van der Waals surface area contributed by atoms with E-state index in [2.05, 4.69) is 25.2 Å². The van der Waals surface area contributed by atoms with Crippen LogP contribution in [0.2, 0.25) is 0 Å². The number of anilines is 2. The van der Waals surface area contributed by atoms with Crippen molar-refractivity contribution in [3.63, 3.8) is 0 Å². The first-order valence-electron chi connectivity index (χ1n) is 4.19. The maximum absolute atomic E-state index is 11.6. The van der Waals surface area contributed by atoms with Gasteiger partial charge < -0.3 is 15.6 Å². The maximum atomic E-state index is 11.6. The van der Waals surface area contributed by atoms with Crippen LogP contribution in [0.1, 0.15) is 16.2 Å². The second-order valence-corrected chi connectivity index (χ2v) is 2.98. The molecule has 0 fully saturated rings. The lowest BCUT2D eigenvalue weighted by Gasteiger charge is -1.98. The molecule has 0 aliphatic carbocycles. The van der Waals surface area contributed by atoms with Crippen molar-refractivity contribution in [3.8, 4) is 0 Å². The number of H-pyrrole nitrogens is 1. The van der Waals surface area contributed by atoms with Gasteiger partial charge in [-0.2, -0.15) is 5.10 Å². The SMILES string of the molecule is Cc1[nH]nc(C(=O)Nc2cnoc2)c1N. The Balaban J connectivity index is 2.19. The molecule has 4 N–H and O–H groups in total. The van der Waals surface area contributed by atoms with Crippen molar-refractivity contribution in [1.82, 2.24) is 15.4 Å². The van der Waals surface area contributed by atoms with Crippen molar-refractivity contribution >= 4 is 17.3 Å². The summed E-state index contributed by atoms with van der Waals surface area (Å²) in [5.74, 6) is -0.403. The Morgan fingerprint density at radius 3 is 3.00 bits per heavy atom. The van der Waals surface area contributed by atoms with Crippen LogP contribution in [-0.4, -0.2) is 21.3 Å². The van der Waals surface area contributed by atoms with E-state index in [0.29, 0.717) is 17.1 Å². The highest BCUT2D eigenvalue weighted by atomic mass is 16.5. The zero-order valence-corrected chi connectivity index (χ0v) is 7.94. The van der Waals surface area contributed by atoms with E-state index in [0.717, 1.165) is 0 Å². The van der Waals surface area contributed by atoms with Gasteiger partial charge in [0.1, 0.15) is 12.0 Å². The monoisotopic (exact) mass is 207 g/mol. The Labute approximate surface area is 84.6 Å². The molecule has 7 nitrogen and oxygen atoms in total. The Morgan fingerprint density at radius 2 is 2.47 bits per heavy atom. The highest BCUT2D eigenvalue weighted by Crippen LogP contribution is 2.14. The summed E-state index contributed by atoms with van der Waals surface area (Å²) in [5, 5.41) is 12.4. The molecule has 7 heteroatoms. The minimum atomic E-state index is -0.403. The lowest BCUT2D eigenvalue weighted by atomic mass is 10.3. The van der Waals surface area contributed by atoms with Gasteiger partial charge in [0, 0.05) is 0 Å². The Bertz CT molecular complexity index is 473. The molecule has 0 radical (unpaired) electrons. The summed E-state index contributed by atoms with van der Waals surface area (Å²) in [6.07, 6.45) is 2.70. The van der Waals surface area contributed by atoms with E-state index in [4.69, 9.17) is 5.73 Å². The van der Waals surface area contributed by atoms with Gasteiger partial charge in [0.15, 0.2) is 5.69 Å². The van der Waals surface area contributed by atoms with E-state index in [1.165, 1.54) is 12.5 Å². The molecule has 2 aromatic heterocycles. The molecule has 0 saturated heterocycles. The number of rotatable bonds is 2. The van der Waals surface area contributed by atoms with Crippen LogP contribution in [0.4, 0.5) is 11.4 Å². The van der Waals surface area contributed by atoms with Crippen LogP contribution < -0.4 is 11.1 Å². The van der Waals surface area contributed by atoms with E-state index in [-0.39, 0.29) is 5.69 Å². The topological polar surface area (TPSA) is 110 Å². The first-order chi connectivity index (χ1) is 7.18. The normalized spacial score (nSPS) is 10.2. The van der Waals surface area contributed by atoms with Crippen LogP contribution in [0, 0.1) is 6.92 Å². The summed E-state index contributed by atoms with van der Waals surface area (Å²) in [4.78, 5) is 11.6. The quantitative estimate of drug-likeness (QED) is 0.665. The number of hydrogen-bond acceptors (Lipinski definition) is 5. The van der Waals surface area contributed by atoms with Crippen LogP contribution >= 0.6 is 0 Å². The van der Waals surface area contributed by atoms with Gasteiger partial charge in [-0.25, -0.2) is 0 Å². The minimum absolute atomic E-state index is 0.161. The van der Waals surface area contributed by atoms with Gasteiger partial charge in [0.2, 0.25) is 0 Å². The van der Waals surface area contributed by atoms with Crippen LogP contribution in [-0.2, 0) is 0 Å². The molecule has 15 heavy (non-hydrogen) atoms. The summed E-state index contributed by atoms with van der Waals surface area (Å²) in [5.41, 5.74) is 7.25. The van der Waals surface area contributed by atoms with Gasteiger partial charge in [-0.15, -0.1) is 0 Å². The lowest BCUT2D eigenvalue weighted by Crippen LogP contribution is -2.13. The fraction of sp³-hybridized carbons (Fsp3) is 0.125. The molecule has 0 unspecified atom stereocenters. The zero-order valence-electron chi connectivity index (χ0n) is 7.94. The molecular formula is C8H9N5O2. The van der Waals surface area contributed by atoms with Gasteiger partial charge in [-0.3, -0.25) is 9.89 Å². The molecule has 1 amide bonds. The summed E-state index contributed by atoms with van der Waals surface area (Å²) in [7, 11) is 0. The number of aromatic nitrogens is 3. The second-order valence-electron chi connectivity index (χ2n) is 2.98. The Hall–Kier alpha value is -2.31. The fourth-order valence-corrected chi connectivity index (χ4v) is 1.07. The molecule has 2 heterocycles. The highest BCUT2D eigenvalue weighted by molar-refractivity contribution is 6.06. The molecule has 0 atom stereocenters. The number of carbonyl (C=O) groups excluding carboxylic acids is 1. The highest BCUT2D eigenvalue weighted by Gasteiger charge is 2.15. The largest absolute Gasteiger partial charge is 0.395 e. The van der Waals surface area contributed by atoms with Crippen molar-refractivity contribution in [2.75, 3.05) is 11.1 Å². The van der Waals surface area contributed by atoms with Crippen molar-refractivity contribution < 1.29 is 9.32 Å². The van der Waals surface area contributed by atoms with Gasteiger partial charge in [-0.05, 0) is 6.92 Å². The molecule has 0 spiro atoms. The number of hydrogen-bond donors (Lipinski definition) is 3. The van der Waals surface area contributed by atoms with Crippen molar-refractivity contribution in [1.29, 1.82) is 0 Å². The standard InChI is InChI=1S/C8H9N5O2/c1-4-6(9)7(13-12-4)8(14)11-5-2-10-15-3-5/h2-3H,9H2,1H3,(H,11,14)(H,12,13). The van der Waals surface area contributed by atoms with E-state index < -0.39 is 5.91 Å². The molecule has 0 aliphatic rings. The van der Waals surface area contributed by atoms with Crippen LogP contribution in [0.5, 0.6) is 0 Å². The first kappa shape index (κ1) is 9.25. The van der Waals surface area contributed by atoms with Crippen molar-refractivity contribution in [2.45, 2.75) is 6.92 Å². The number of amides is 1. The number of nitrogens with zero attached hydrogens (tertiary/aromatic N) is 2. The van der Waals surface area contributed by atoms with Gasteiger partial charge in [0.25, 0.3) is 5.91 Å². The summed E-state index contributed by atoms with van der Waals surface area (Å²) in [6.45, 7) is 1.73. The predicted molar refractivity (Wildman–Crippen MR) is 52.2 cm³/mol. The third-order valence-corrected chi connectivity index (χ3v) is 1.90. The maximum Gasteiger partial charge on any atom is 0.278 e. The van der Waals surface area contributed by atoms with Crippen LogP contribution in [0.25, 0.3) is 0 Å². The second kappa shape index (κ2) is 3.45. The molecule has 0 bridgehead atoms. The van der Waals surface area contributed by atoms with E-state index >= 15 is 0 Å². The number of nitrogen functional groups attached to an aromatic ring is 1. The van der Waals surface area contributed by atoms with Crippen molar-refractivity contribution in [3.05, 3.63) is 23.8 Å². The molecule has 0 aliphatic heterocycles. The third kappa shape index (κ3) is 1.66. The van der Waals surface area contributed by atoms with E-state index in [1.54, 1.807) is 6.92 Å². The van der Waals surface area contributed by atoms with Gasteiger partial charge in [0.05, 0.1) is 17.6 Å². The average molecular weight is 207 g/mol. The fourth-order valence-electron chi connectivity index (χ4n) is 1.07. The minimum Gasteiger partial charge on any atom is -0.395 e. The van der Waals surface area contributed by atoms with Crippen molar-refractivity contribution in [2.24, 2.45) is 0 Å². The molecule has 2 aromatic rings. The zero-order chi connectivity index (χ0) is 10.8. The number of aryl methyl sites for hydroxylation is 1. The number of nitrogens with one attached hydrogen (secondary N) is 2. The molecule has 0 aromatic carbocycles. The number of nitrogens with two attached hydrogens (primary N) is 1. The summed E-state index contributed by atoms with van der Waals surface area (Å²) < 4.78 is 4.56. The molecule has 78 valence electrons. The summed E-state index contributed by atoms with van der Waals surface area (Å²) >= 11 is 0. The molecule has 2 rings (SSSR count). The lowest BCUT2D eigenvalue weighted by molar-refractivity contribution is 0.102. The smallest absolute Gasteiger partial charge is 0.278 e. The Morgan fingerprint density at radius 1 is 1.67 bits per heavy atom. The predicted octanol–water partition coefficient (Wildman–Crippen LogP) is 0.541. The first-order valence-corrected chi connectivity index (χ1v) is 4.19. The van der Waals surface area contributed by atoms with Crippen LogP contribution in [0.15, 0.2) is 17.0 Å². The molecule has 0 saturated carbocycles. The molecular weight excluding hydrogens is 198 g/mol. The number of aromatic amines is 1. The number of carbonyl (C=O) groups is 1. The van der Waals surface area contributed by atoms with E-state index in [1.807, 2.05) is 0 Å². The Kier molecular flexibility index (Phi) is 2.13. The van der Waals surface area contributed by atoms with E-state index in [9.17, 15) is 4.79 Å². The van der Waals surface area contributed by atoms with Gasteiger partial charge in [-0.1, -0.05) is 5.16 Å².